The maximum atomic E-state index is 13.4. The summed E-state index contributed by atoms with van der Waals surface area (Å²) in [5.74, 6) is -0.125. The van der Waals surface area contributed by atoms with E-state index >= 15 is 0 Å². The topological polar surface area (TPSA) is 26.0 Å². The maximum Gasteiger partial charge on any atom is 0.140 e. The first-order valence-corrected chi connectivity index (χ1v) is 5.16. The number of benzene rings is 1. The molecule has 82 valence electrons. The van der Waals surface area contributed by atoms with Crippen molar-refractivity contribution in [1.82, 2.24) is 5.16 Å². The van der Waals surface area contributed by atoms with Crippen molar-refractivity contribution in [3.8, 4) is 11.3 Å². The Kier molecular flexibility index (Phi) is 2.02. The number of nitrogens with zero attached hydrogens (tertiary/aromatic N) is 1. The van der Waals surface area contributed by atoms with Crippen molar-refractivity contribution in [3.05, 3.63) is 41.7 Å². The van der Waals surface area contributed by atoms with E-state index in [1.807, 2.05) is 0 Å². The molecule has 1 heterocycles. The van der Waals surface area contributed by atoms with Gasteiger partial charge in [-0.1, -0.05) is 11.2 Å². The minimum Gasteiger partial charge on any atom is -0.360 e. The summed E-state index contributed by atoms with van der Waals surface area (Å²) in [4.78, 5) is 0. The van der Waals surface area contributed by atoms with Crippen molar-refractivity contribution < 1.29 is 13.3 Å². The van der Waals surface area contributed by atoms with Gasteiger partial charge in [0.15, 0.2) is 0 Å². The second kappa shape index (κ2) is 3.40. The first kappa shape index (κ1) is 9.51. The molecule has 0 amide bonds. The molecule has 2 nitrogen and oxygen atoms in total. The highest BCUT2D eigenvalue weighted by atomic mass is 19.1. The standard InChI is InChI=1S/C12H9F2NO/c13-8-2-1-3-9(14)12(8)10-6-11(16-15-10)7-4-5-7/h1-3,6-7H,4-5H2. The smallest absolute Gasteiger partial charge is 0.140 e. The van der Waals surface area contributed by atoms with Crippen molar-refractivity contribution in [3.63, 3.8) is 0 Å². The Hall–Kier alpha value is -1.71. The molecule has 1 aliphatic carbocycles. The quantitative estimate of drug-likeness (QED) is 0.775. The minimum absolute atomic E-state index is 0.113. The Balaban J connectivity index is 2.06. The van der Waals surface area contributed by atoms with E-state index in [4.69, 9.17) is 4.52 Å². The zero-order valence-electron chi connectivity index (χ0n) is 8.41. The molecule has 16 heavy (non-hydrogen) atoms. The van der Waals surface area contributed by atoms with Crippen LogP contribution in [0.25, 0.3) is 11.3 Å². The average Bonchev–Trinajstić information content (AvgIpc) is 2.99. The van der Waals surface area contributed by atoms with Gasteiger partial charge in [-0.15, -0.1) is 0 Å². The zero-order chi connectivity index (χ0) is 11.1. The Labute approximate surface area is 90.9 Å². The molecule has 0 unspecified atom stereocenters. The third-order valence-electron chi connectivity index (χ3n) is 2.73. The van der Waals surface area contributed by atoms with Crippen LogP contribution in [-0.4, -0.2) is 5.16 Å². The second-order valence-corrected chi connectivity index (χ2v) is 3.99. The fraction of sp³-hybridized carbons (Fsp3) is 0.250. The van der Waals surface area contributed by atoms with Gasteiger partial charge in [-0.05, 0) is 25.0 Å². The van der Waals surface area contributed by atoms with Gasteiger partial charge in [0.25, 0.3) is 0 Å². The van der Waals surface area contributed by atoms with Gasteiger partial charge >= 0.3 is 0 Å². The fourth-order valence-electron chi connectivity index (χ4n) is 1.71. The predicted molar refractivity (Wildman–Crippen MR) is 53.8 cm³/mol. The molecule has 0 saturated heterocycles. The Bertz CT molecular complexity index is 511. The Morgan fingerprint density at radius 1 is 1.19 bits per heavy atom. The van der Waals surface area contributed by atoms with Crippen LogP contribution in [0.15, 0.2) is 28.8 Å². The molecule has 0 radical (unpaired) electrons. The third-order valence-corrected chi connectivity index (χ3v) is 2.73. The van der Waals surface area contributed by atoms with Gasteiger partial charge in [0.1, 0.15) is 23.1 Å². The first-order valence-electron chi connectivity index (χ1n) is 5.16. The van der Waals surface area contributed by atoms with Gasteiger partial charge in [0, 0.05) is 12.0 Å². The molecule has 0 N–H and O–H groups in total. The molecular weight excluding hydrogens is 212 g/mol. The van der Waals surface area contributed by atoms with Crippen LogP contribution < -0.4 is 0 Å². The van der Waals surface area contributed by atoms with Crippen LogP contribution in [0.4, 0.5) is 8.78 Å². The highest BCUT2D eigenvalue weighted by Gasteiger charge is 2.28. The third kappa shape index (κ3) is 1.50. The molecule has 1 aromatic carbocycles. The normalized spacial score (nSPS) is 15.4. The molecule has 1 aromatic heterocycles. The van der Waals surface area contributed by atoms with Gasteiger partial charge in [-0.2, -0.15) is 0 Å². The lowest BCUT2D eigenvalue weighted by atomic mass is 10.1. The maximum absolute atomic E-state index is 13.4. The van der Waals surface area contributed by atoms with Crippen molar-refractivity contribution in [1.29, 1.82) is 0 Å². The average molecular weight is 221 g/mol. The number of hydrogen-bond donors (Lipinski definition) is 0. The van der Waals surface area contributed by atoms with E-state index in [1.165, 1.54) is 18.2 Å². The van der Waals surface area contributed by atoms with Gasteiger partial charge in [-0.3, -0.25) is 0 Å². The van der Waals surface area contributed by atoms with Crippen molar-refractivity contribution >= 4 is 0 Å². The summed E-state index contributed by atoms with van der Waals surface area (Å²) in [5.41, 5.74) is 0.121. The summed E-state index contributed by atoms with van der Waals surface area (Å²) < 4.78 is 32.0. The number of aromatic nitrogens is 1. The van der Waals surface area contributed by atoms with Crippen molar-refractivity contribution in [2.75, 3.05) is 0 Å². The minimum atomic E-state index is -0.615. The molecule has 0 spiro atoms. The molecule has 0 bridgehead atoms. The van der Waals surface area contributed by atoms with Crippen LogP contribution >= 0.6 is 0 Å². The van der Waals surface area contributed by atoms with E-state index in [-0.39, 0.29) is 11.3 Å². The van der Waals surface area contributed by atoms with Crippen LogP contribution in [0, 0.1) is 11.6 Å². The fourth-order valence-corrected chi connectivity index (χ4v) is 1.71. The van der Waals surface area contributed by atoms with Crippen LogP contribution in [0.1, 0.15) is 24.5 Å². The molecular formula is C12H9F2NO. The van der Waals surface area contributed by atoms with E-state index in [2.05, 4.69) is 5.16 Å². The summed E-state index contributed by atoms with van der Waals surface area (Å²) in [5, 5.41) is 3.71. The largest absolute Gasteiger partial charge is 0.360 e. The summed E-state index contributed by atoms with van der Waals surface area (Å²) in [6.07, 6.45) is 2.13. The molecule has 0 atom stereocenters. The Morgan fingerprint density at radius 2 is 1.88 bits per heavy atom. The predicted octanol–water partition coefficient (Wildman–Crippen LogP) is 3.50. The summed E-state index contributed by atoms with van der Waals surface area (Å²) in [7, 11) is 0. The van der Waals surface area contributed by atoms with E-state index < -0.39 is 11.6 Å². The first-order chi connectivity index (χ1) is 7.75. The van der Waals surface area contributed by atoms with Gasteiger partial charge in [0.2, 0.25) is 0 Å². The zero-order valence-corrected chi connectivity index (χ0v) is 8.41. The van der Waals surface area contributed by atoms with Crippen LogP contribution in [-0.2, 0) is 0 Å². The van der Waals surface area contributed by atoms with Gasteiger partial charge < -0.3 is 4.52 Å². The lowest BCUT2D eigenvalue weighted by Gasteiger charge is -1.98. The molecule has 0 aliphatic heterocycles. The van der Waals surface area contributed by atoms with E-state index in [0.29, 0.717) is 5.92 Å². The highest BCUT2D eigenvalue weighted by Crippen LogP contribution is 2.41. The lowest BCUT2D eigenvalue weighted by molar-refractivity contribution is 0.385. The molecule has 2 aromatic rings. The number of rotatable bonds is 2. The second-order valence-electron chi connectivity index (χ2n) is 3.99. The van der Waals surface area contributed by atoms with Crippen LogP contribution in [0.5, 0.6) is 0 Å². The van der Waals surface area contributed by atoms with Crippen LogP contribution in [0.3, 0.4) is 0 Å². The molecule has 1 fully saturated rings. The molecule has 1 saturated carbocycles. The summed E-state index contributed by atoms with van der Waals surface area (Å²) in [6.45, 7) is 0. The summed E-state index contributed by atoms with van der Waals surface area (Å²) >= 11 is 0. The molecule has 4 heteroatoms. The SMILES string of the molecule is Fc1cccc(F)c1-c1cc(C2CC2)on1. The summed E-state index contributed by atoms with van der Waals surface area (Å²) in [6, 6.07) is 5.38. The van der Waals surface area contributed by atoms with Crippen LogP contribution in [0.2, 0.25) is 0 Å². The van der Waals surface area contributed by atoms with E-state index in [1.54, 1.807) is 6.07 Å². The van der Waals surface area contributed by atoms with Gasteiger partial charge in [-0.25, -0.2) is 8.78 Å². The van der Waals surface area contributed by atoms with Crippen molar-refractivity contribution in [2.24, 2.45) is 0 Å². The van der Waals surface area contributed by atoms with Crippen molar-refractivity contribution in [2.45, 2.75) is 18.8 Å². The highest BCUT2D eigenvalue weighted by molar-refractivity contribution is 5.60. The van der Waals surface area contributed by atoms with E-state index in [9.17, 15) is 8.78 Å². The molecule has 3 rings (SSSR count). The molecule has 1 aliphatic rings. The number of hydrogen-bond acceptors (Lipinski definition) is 2. The Morgan fingerprint density at radius 3 is 2.50 bits per heavy atom. The van der Waals surface area contributed by atoms with Gasteiger partial charge in [0.05, 0.1) is 5.56 Å². The van der Waals surface area contributed by atoms with E-state index in [0.717, 1.165) is 18.6 Å². The monoisotopic (exact) mass is 221 g/mol. The lowest BCUT2D eigenvalue weighted by Crippen LogP contribution is -1.88. The number of halogens is 2.